The van der Waals surface area contributed by atoms with E-state index in [2.05, 4.69) is 0 Å². The van der Waals surface area contributed by atoms with Gasteiger partial charge in [-0.1, -0.05) is 0 Å². The lowest BCUT2D eigenvalue weighted by atomic mass is 10.1. The van der Waals surface area contributed by atoms with Crippen LogP contribution in [0.5, 0.6) is 0 Å². The molecule has 0 spiro atoms. The molecule has 1 aromatic carbocycles. The molecule has 0 aliphatic carbocycles. The van der Waals surface area contributed by atoms with E-state index in [0.717, 1.165) is 18.6 Å². The topological polar surface area (TPSA) is 61.6 Å². The van der Waals surface area contributed by atoms with Gasteiger partial charge in [-0.2, -0.15) is 0 Å². The van der Waals surface area contributed by atoms with Crippen LogP contribution in [0.25, 0.3) is 0 Å². The Labute approximate surface area is 101 Å². The molecule has 0 amide bonds. The Kier molecular flexibility index (Phi) is 3.64. The monoisotopic (exact) mass is 235 g/mol. The van der Waals surface area contributed by atoms with Crippen LogP contribution in [0.3, 0.4) is 0 Å². The molecule has 2 rings (SSSR count). The molecule has 0 saturated carbocycles. The van der Waals surface area contributed by atoms with Gasteiger partial charge in [0.2, 0.25) is 0 Å². The van der Waals surface area contributed by atoms with E-state index >= 15 is 0 Å². The normalized spacial score (nSPS) is 19.2. The number of carbonyl (C=O) groups is 1. The fourth-order valence-corrected chi connectivity index (χ4v) is 1.90. The minimum absolute atomic E-state index is 0.283. The zero-order chi connectivity index (χ0) is 12.3. The third kappa shape index (κ3) is 2.97. The summed E-state index contributed by atoms with van der Waals surface area (Å²) in [6.45, 7) is 3.74. The van der Waals surface area contributed by atoms with Crippen molar-refractivity contribution in [3.05, 3.63) is 29.3 Å². The molecule has 1 atom stereocenters. The molecule has 1 aromatic rings. The molecule has 1 unspecified atom stereocenters. The first-order valence-corrected chi connectivity index (χ1v) is 5.78. The van der Waals surface area contributed by atoms with Gasteiger partial charge in [-0.25, -0.2) is 4.79 Å². The van der Waals surface area contributed by atoms with Crippen LogP contribution in [0.4, 0.5) is 5.69 Å². The summed E-state index contributed by atoms with van der Waals surface area (Å²) in [5.41, 5.74) is 7.71. The van der Waals surface area contributed by atoms with E-state index in [1.807, 2.05) is 6.92 Å². The summed E-state index contributed by atoms with van der Waals surface area (Å²) in [4.78, 5) is 11.8. The van der Waals surface area contributed by atoms with Gasteiger partial charge in [0.05, 0.1) is 18.8 Å². The van der Waals surface area contributed by atoms with E-state index in [9.17, 15) is 4.79 Å². The SMILES string of the molecule is Cc1cc(N)ccc1C(=O)OCC1CCOC1. The maximum absolute atomic E-state index is 11.8. The van der Waals surface area contributed by atoms with E-state index < -0.39 is 0 Å². The van der Waals surface area contributed by atoms with Crippen molar-refractivity contribution in [3.63, 3.8) is 0 Å². The van der Waals surface area contributed by atoms with Gasteiger partial charge in [-0.15, -0.1) is 0 Å². The van der Waals surface area contributed by atoms with Gasteiger partial charge in [0.25, 0.3) is 0 Å². The lowest BCUT2D eigenvalue weighted by Crippen LogP contribution is -2.15. The highest BCUT2D eigenvalue weighted by Gasteiger charge is 2.18. The Morgan fingerprint density at radius 1 is 1.59 bits per heavy atom. The quantitative estimate of drug-likeness (QED) is 0.640. The Bertz CT molecular complexity index is 411. The van der Waals surface area contributed by atoms with Gasteiger partial charge < -0.3 is 15.2 Å². The summed E-state index contributed by atoms with van der Waals surface area (Å²) in [5.74, 6) is 0.0578. The van der Waals surface area contributed by atoms with Crippen molar-refractivity contribution in [1.29, 1.82) is 0 Å². The molecule has 2 N–H and O–H groups in total. The second-order valence-corrected chi connectivity index (χ2v) is 4.40. The number of esters is 1. The first-order chi connectivity index (χ1) is 8.16. The number of rotatable bonds is 3. The van der Waals surface area contributed by atoms with Crippen LogP contribution >= 0.6 is 0 Å². The van der Waals surface area contributed by atoms with Crippen molar-refractivity contribution in [2.75, 3.05) is 25.6 Å². The molecule has 0 bridgehead atoms. The first kappa shape index (κ1) is 11.9. The molecule has 4 heteroatoms. The van der Waals surface area contributed by atoms with E-state index in [0.29, 0.717) is 30.4 Å². The predicted molar refractivity (Wildman–Crippen MR) is 64.8 cm³/mol. The lowest BCUT2D eigenvalue weighted by molar-refractivity contribution is 0.0427. The molecule has 92 valence electrons. The Hall–Kier alpha value is -1.55. The molecular formula is C13H17NO3. The first-order valence-electron chi connectivity index (χ1n) is 5.78. The molecule has 1 fully saturated rings. The molecule has 0 aromatic heterocycles. The van der Waals surface area contributed by atoms with Crippen molar-refractivity contribution in [3.8, 4) is 0 Å². The van der Waals surface area contributed by atoms with E-state index in [1.54, 1.807) is 18.2 Å². The minimum atomic E-state index is -0.283. The smallest absolute Gasteiger partial charge is 0.338 e. The number of benzene rings is 1. The maximum Gasteiger partial charge on any atom is 0.338 e. The minimum Gasteiger partial charge on any atom is -0.462 e. The van der Waals surface area contributed by atoms with Gasteiger partial charge in [-0.05, 0) is 37.1 Å². The van der Waals surface area contributed by atoms with Gasteiger partial charge in [-0.3, -0.25) is 0 Å². The van der Waals surface area contributed by atoms with Crippen LogP contribution in [0, 0.1) is 12.8 Å². The van der Waals surface area contributed by atoms with Crippen molar-refractivity contribution >= 4 is 11.7 Å². The van der Waals surface area contributed by atoms with E-state index in [-0.39, 0.29) is 5.97 Å². The average Bonchev–Trinajstić information content (AvgIpc) is 2.78. The van der Waals surface area contributed by atoms with Gasteiger partial charge in [0.1, 0.15) is 0 Å². The van der Waals surface area contributed by atoms with Crippen molar-refractivity contribution in [1.82, 2.24) is 0 Å². The van der Waals surface area contributed by atoms with Crippen molar-refractivity contribution < 1.29 is 14.3 Å². The molecule has 1 heterocycles. The second kappa shape index (κ2) is 5.19. The molecule has 1 aliphatic heterocycles. The van der Waals surface area contributed by atoms with Gasteiger partial charge in [0, 0.05) is 18.2 Å². The number of nitrogen functional groups attached to an aromatic ring is 1. The predicted octanol–water partition coefficient (Wildman–Crippen LogP) is 1.77. The van der Waals surface area contributed by atoms with Gasteiger partial charge >= 0.3 is 5.97 Å². The maximum atomic E-state index is 11.8. The zero-order valence-corrected chi connectivity index (χ0v) is 9.94. The van der Waals surface area contributed by atoms with Crippen LogP contribution in [0.15, 0.2) is 18.2 Å². The summed E-state index contributed by atoms with van der Waals surface area (Å²) in [6.07, 6.45) is 0.966. The number of nitrogens with two attached hydrogens (primary N) is 1. The number of hydrogen-bond acceptors (Lipinski definition) is 4. The van der Waals surface area contributed by atoms with Crippen LogP contribution < -0.4 is 5.73 Å². The summed E-state index contributed by atoms with van der Waals surface area (Å²) in [6, 6.07) is 5.19. The van der Waals surface area contributed by atoms with Gasteiger partial charge in [0.15, 0.2) is 0 Å². The highest BCUT2D eigenvalue weighted by molar-refractivity contribution is 5.91. The Balaban J connectivity index is 1.94. The Morgan fingerprint density at radius 3 is 3.06 bits per heavy atom. The number of ether oxygens (including phenoxy) is 2. The summed E-state index contributed by atoms with van der Waals surface area (Å²) < 4.78 is 10.5. The molecule has 1 saturated heterocycles. The number of hydrogen-bond donors (Lipinski definition) is 1. The number of carbonyl (C=O) groups excluding carboxylic acids is 1. The van der Waals surface area contributed by atoms with Crippen LogP contribution in [-0.4, -0.2) is 25.8 Å². The van der Waals surface area contributed by atoms with E-state index in [4.69, 9.17) is 15.2 Å². The molecule has 1 aliphatic rings. The molecular weight excluding hydrogens is 218 g/mol. The highest BCUT2D eigenvalue weighted by Crippen LogP contribution is 2.16. The Morgan fingerprint density at radius 2 is 2.41 bits per heavy atom. The number of aryl methyl sites for hydroxylation is 1. The van der Waals surface area contributed by atoms with Crippen molar-refractivity contribution in [2.24, 2.45) is 5.92 Å². The fourth-order valence-electron chi connectivity index (χ4n) is 1.90. The van der Waals surface area contributed by atoms with Crippen LogP contribution in [0.2, 0.25) is 0 Å². The molecule has 17 heavy (non-hydrogen) atoms. The summed E-state index contributed by atoms with van der Waals surface area (Å²) >= 11 is 0. The lowest BCUT2D eigenvalue weighted by Gasteiger charge is -2.10. The standard InChI is InChI=1S/C13H17NO3/c1-9-6-11(14)2-3-12(9)13(15)17-8-10-4-5-16-7-10/h2-3,6,10H,4-5,7-8,14H2,1H3. The molecule has 0 radical (unpaired) electrons. The fraction of sp³-hybridized carbons (Fsp3) is 0.462. The summed E-state index contributed by atoms with van der Waals surface area (Å²) in [5, 5.41) is 0. The second-order valence-electron chi connectivity index (χ2n) is 4.40. The average molecular weight is 235 g/mol. The van der Waals surface area contributed by atoms with E-state index in [1.165, 1.54) is 0 Å². The highest BCUT2D eigenvalue weighted by atomic mass is 16.5. The van der Waals surface area contributed by atoms with Crippen LogP contribution in [-0.2, 0) is 9.47 Å². The van der Waals surface area contributed by atoms with Crippen LogP contribution in [0.1, 0.15) is 22.3 Å². The zero-order valence-electron chi connectivity index (χ0n) is 9.94. The third-order valence-electron chi connectivity index (χ3n) is 2.94. The molecule has 4 nitrogen and oxygen atoms in total. The third-order valence-corrected chi connectivity index (χ3v) is 2.94. The number of anilines is 1. The van der Waals surface area contributed by atoms with Crippen molar-refractivity contribution in [2.45, 2.75) is 13.3 Å². The largest absolute Gasteiger partial charge is 0.462 e. The summed E-state index contributed by atoms with van der Waals surface area (Å²) in [7, 11) is 0.